The normalized spacial score (nSPS) is 12.5. The van der Waals surface area contributed by atoms with Crippen LogP contribution in [0, 0.1) is 6.92 Å². The van der Waals surface area contributed by atoms with Crippen molar-refractivity contribution in [2.24, 2.45) is 5.73 Å². The minimum absolute atomic E-state index is 0.0400. The van der Waals surface area contributed by atoms with E-state index < -0.39 is 0 Å². The first-order chi connectivity index (χ1) is 21.2. The summed E-state index contributed by atoms with van der Waals surface area (Å²) in [4.78, 5) is 15.6. The molecule has 2 rings (SSSR count). The number of carbonyl (C=O) groups is 1. The molecule has 44 heavy (non-hydrogen) atoms. The minimum atomic E-state index is -0.0400. The molecule has 0 aliphatic carbocycles. The molecular weight excluding hydrogens is 585 g/mol. The van der Waals surface area contributed by atoms with Crippen molar-refractivity contribution in [1.82, 2.24) is 5.32 Å². The highest BCUT2D eigenvalue weighted by atomic mass is 32.2. The van der Waals surface area contributed by atoms with Crippen molar-refractivity contribution in [2.45, 2.75) is 113 Å². The quantitative estimate of drug-likeness (QED) is 0.132. The maximum absolute atomic E-state index is 13.4. The third kappa shape index (κ3) is 13.1. The van der Waals surface area contributed by atoms with Crippen molar-refractivity contribution >= 4 is 34.3 Å². The van der Waals surface area contributed by atoms with Gasteiger partial charge in [-0.1, -0.05) is 95.3 Å². The Balaban J connectivity index is 0.00000474. The summed E-state index contributed by atoms with van der Waals surface area (Å²) >= 11 is 3.17. The molecule has 0 saturated heterocycles. The Kier molecular flexibility index (Phi) is 19.5. The first-order valence-electron chi connectivity index (χ1n) is 16.2. The lowest BCUT2D eigenvalue weighted by Gasteiger charge is -2.20. The summed E-state index contributed by atoms with van der Waals surface area (Å²) in [6.07, 6.45) is 6.94. The molecule has 0 radical (unpaired) electrons. The molecule has 0 bridgehead atoms. The van der Waals surface area contributed by atoms with Crippen LogP contribution in [0.25, 0.3) is 4.91 Å². The van der Waals surface area contributed by atoms with Gasteiger partial charge in [-0.3, -0.25) is 4.79 Å². The monoisotopic (exact) mass is 640 g/mol. The van der Waals surface area contributed by atoms with Gasteiger partial charge in [0.15, 0.2) is 0 Å². The molecule has 3 N–H and O–H groups in total. The van der Waals surface area contributed by atoms with Gasteiger partial charge in [0.25, 0.3) is 0 Å². The standard InChI is InChI=1S/C35H50N2O3S2.C2H6/c1-9-14-20-40-30-23-28(39-13-5)18-19-29(30)34(24(6)11-3)42-35(25(7)12-4)37-33(38)22-27-17-16-26(8)31(21-27)41-32(36)15-10-2;1-2/h15-19,21,23H,9-14,20,22,36H2,1-8H3,(H,37,38);1-2H3/b32-15+,34-24?,35-25?;. The van der Waals surface area contributed by atoms with E-state index in [-0.39, 0.29) is 12.3 Å². The highest BCUT2D eigenvalue weighted by Gasteiger charge is 2.19. The van der Waals surface area contributed by atoms with E-state index in [1.54, 1.807) is 23.5 Å². The van der Waals surface area contributed by atoms with Gasteiger partial charge in [0.1, 0.15) is 11.5 Å². The van der Waals surface area contributed by atoms with E-state index in [0.717, 1.165) is 85.7 Å². The number of hydrogen-bond acceptors (Lipinski definition) is 6. The van der Waals surface area contributed by atoms with Crippen molar-refractivity contribution in [3.63, 3.8) is 0 Å². The number of aryl methyl sites for hydroxylation is 1. The number of benzene rings is 2. The lowest BCUT2D eigenvalue weighted by molar-refractivity contribution is -0.119. The zero-order chi connectivity index (χ0) is 33.1. The van der Waals surface area contributed by atoms with Gasteiger partial charge in [-0.05, 0) is 88.3 Å². The topological polar surface area (TPSA) is 73.6 Å². The SMILES string of the molecule is CC.CC/C=C(\N)Sc1cc(CC(=O)NC(SC(=C(C)CC)c2ccc(OCC)cc2OCCCC)=C(C)CC)ccc1C. The maximum Gasteiger partial charge on any atom is 0.229 e. The van der Waals surface area contributed by atoms with Crippen molar-refractivity contribution in [3.8, 4) is 11.5 Å². The summed E-state index contributed by atoms with van der Waals surface area (Å²) in [5.41, 5.74) is 11.7. The van der Waals surface area contributed by atoms with Gasteiger partial charge >= 0.3 is 0 Å². The predicted molar refractivity (Wildman–Crippen MR) is 194 cm³/mol. The van der Waals surface area contributed by atoms with Gasteiger partial charge in [0.2, 0.25) is 5.91 Å². The molecule has 0 spiro atoms. The van der Waals surface area contributed by atoms with E-state index in [2.05, 4.69) is 72.0 Å². The van der Waals surface area contributed by atoms with E-state index in [4.69, 9.17) is 15.2 Å². The second-order valence-electron chi connectivity index (χ2n) is 10.3. The lowest BCUT2D eigenvalue weighted by Crippen LogP contribution is -2.24. The van der Waals surface area contributed by atoms with Crippen molar-refractivity contribution < 1.29 is 14.3 Å². The Morgan fingerprint density at radius 3 is 2.27 bits per heavy atom. The number of hydrogen-bond donors (Lipinski definition) is 2. The zero-order valence-electron chi connectivity index (χ0n) is 28.8. The molecule has 0 fully saturated rings. The van der Waals surface area contributed by atoms with Gasteiger partial charge < -0.3 is 20.5 Å². The van der Waals surface area contributed by atoms with Crippen LogP contribution in [-0.2, 0) is 11.2 Å². The lowest BCUT2D eigenvalue weighted by atomic mass is 10.1. The van der Waals surface area contributed by atoms with Gasteiger partial charge in [0, 0.05) is 21.4 Å². The summed E-state index contributed by atoms with van der Waals surface area (Å²) in [7, 11) is 0. The maximum atomic E-state index is 13.4. The summed E-state index contributed by atoms with van der Waals surface area (Å²) in [5.74, 6) is 1.56. The fourth-order valence-electron chi connectivity index (χ4n) is 4.00. The largest absolute Gasteiger partial charge is 0.494 e. The minimum Gasteiger partial charge on any atom is -0.494 e. The van der Waals surface area contributed by atoms with E-state index in [1.165, 1.54) is 5.57 Å². The van der Waals surface area contributed by atoms with Gasteiger partial charge in [-0.25, -0.2) is 0 Å². The van der Waals surface area contributed by atoms with Crippen LogP contribution in [0.3, 0.4) is 0 Å². The molecular formula is C37H56N2O3S2. The molecule has 244 valence electrons. The molecule has 0 unspecified atom stereocenters. The Hall–Kier alpha value is -2.77. The van der Waals surface area contributed by atoms with Gasteiger partial charge in [-0.2, -0.15) is 0 Å². The molecule has 0 saturated carbocycles. The number of carbonyl (C=O) groups excluding carboxylic acids is 1. The highest BCUT2D eigenvalue weighted by Crippen LogP contribution is 2.43. The molecule has 0 aromatic heterocycles. The number of thioether (sulfide) groups is 2. The van der Waals surface area contributed by atoms with Gasteiger partial charge in [-0.15, -0.1) is 0 Å². The summed E-state index contributed by atoms with van der Waals surface area (Å²) < 4.78 is 12.1. The van der Waals surface area contributed by atoms with Crippen LogP contribution in [0.5, 0.6) is 11.5 Å². The van der Waals surface area contributed by atoms with Crippen LogP contribution in [0.2, 0.25) is 0 Å². The first kappa shape index (κ1) is 39.3. The fourth-order valence-corrected chi connectivity index (χ4v) is 6.23. The first-order valence-corrected chi connectivity index (χ1v) is 17.8. The Labute approximate surface area is 276 Å². The van der Waals surface area contributed by atoms with Crippen LogP contribution in [-0.4, -0.2) is 19.1 Å². The van der Waals surface area contributed by atoms with Crippen LogP contribution in [0.15, 0.2) is 68.6 Å². The van der Waals surface area contributed by atoms with E-state index in [9.17, 15) is 4.79 Å². The Morgan fingerprint density at radius 1 is 0.955 bits per heavy atom. The van der Waals surface area contributed by atoms with Crippen molar-refractivity contribution in [2.75, 3.05) is 13.2 Å². The number of rotatable bonds is 17. The van der Waals surface area contributed by atoms with Crippen LogP contribution in [0.4, 0.5) is 0 Å². The Bertz CT molecular complexity index is 1280. The van der Waals surface area contributed by atoms with Crippen molar-refractivity contribution in [1.29, 1.82) is 0 Å². The number of nitrogens with two attached hydrogens (primary N) is 1. The molecule has 0 atom stereocenters. The zero-order valence-corrected chi connectivity index (χ0v) is 30.4. The molecule has 2 aromatic carbocycles. The summed E-state index contributed by atoms with van der Waals surface area (Å²) in [6, 6.07) is 12.2. The van der Waals surface area contributed by atoms with Crippen molar-refractivity contribution in [3.05, 3.63) is 80.4 Å². The average Bonchev–Trinajstić information content (AvgIpc) is 3.02. The molecule has 7 heteroatoms. The number of amides is 1. The fraction of sp³-hybridized carbons (Fsp3) is 0.486. The second kappa shape index (κ2) is 21.9. The third-order valence-electron chi connectivity index (χ3n) is 6.81. The summed E-state index contributed by atoms with van der Waals surface area (Å²) in [5, 5.41) is 4.90. The number of nitrogens with one attached hydrogen (secondary N) is 1. The molecule has 1 amide bonds. The average molecular weight is 641 g/mol. The second-order valence-corrected chi connectivity index (χ2v) is 12.4. The number of ether oxygens (including phenoxy) is 2. The van der Waals surface area contributed by atoms with E-state index >= 15 is 0 Å². The molecule has 0 heterocycles. The Morgan fingerprint density at radius 2 is 1.66 bits per heavy atom. The molecule has 5 nitrogen and oxygen atoms in total. The molecule has 0 aliphatic rings. The third-order valence-corrected chi connectivity index (χ3v) is 9.30. The molecule has 0 aliphatic heterocycles. The molecule has 2 aromatic rings. The summed E-state index contributed by atoms with van der Waals surface area (Å²) in [6.45, 7) is 22.0. The van der Waals surface area contributed by atoms with Crippen LogP contribution >= 0.6 is 23.5 Å². The smallest absolute Gasteiger partial charge is 0.229 e. The number of unbranched alkanes of at least 4 members (excludes halogenated alkanes) is 1. The van der Waals surface area contributed by atoms with Crippen LogP contribution < -0.4 is 20.5 Å². The predicted octanol–water partition coefficient (Wildman–Crippen LogP) is 10.8. The van der Waals surface area contributed by atoms with Crippen LogP contribution in [0.1, 0.15) is 111 Å². The highest BCUT2D eigenvalue weighted by molar-refractivity contribution is 8.11. The number of allylic oxidation sites excluding steroid dienone is 3. The van der Waals surface area contributed by atoms with E-state index in [0.29, 0.717) is 13.2 Å². The van der Waals surface area contributed by atoms with E-state index in [1.807, 2.05) is 45.0 Å². The van der Waals surface area contributed by atoms with Gasteiger partial charge in [0.05, 0.1) is 29.7 Å².